The number of aliphatic hydroxyl groups excluding tert-OH is 4. The number of carbonyl (C=O) groups is 5. The van der Waals surface area contributed by atoms with E-state index in [4.69, 9.17) is 52.1 Å². The number of likely N-dealkylation sites (N-methyl/N-ethyl adjacent to an activating group) is 2. The fourth-order valence-corrected chi connectivity index (χ4v) is 17.6. The second-order valence-corrected chi connectivity index (χ2v) is 27.3. The summed E-state index contributed by atoms with van der Waals surface area (Å²) in [4.78, 5) is 77.5. The highest BCUT2D eigenvalue weighted by atomic mass is 16.7. The smallest absolute Gasteiger partial charge is 0.190 e. The Morgan fingerprint density at radius 3 is 1.47 bits per heavy atom. The number of carbonyl (C=O) groups excluding carboxylic acids is 5. The lowest BCUT2D eigenvalue weighted by molar-refractivity contribution is -0.347. The number of hydrogen-bond donors (Lipinski definition) is 8. The third-order valence-corrected chi connectivity index (χ3v) is 21.8. The predicted octanol–water partition coefficient (Wildman–Crippen LogP) is 5.03. The molecule has 23 atom stereocenters. The Balaban J connectivity index is 1.21. The van der Waals surface area contributed by atoms with E-state index in [1.807, 2.05) is 0 Å². The predicted molar refractivity (Wildman–Crippen MR) is 339 cm³/mol. The average Bonchev–Trinajstić information content (AvgIpc) is 1.60. The van der Waals surface area contributed by atoms with Crippen LogP contribution >= 0.6 is 0 Å². The van der Waals surface area contributed by atoms with Gasteiger partial charge in [0, 0.05) is 86.0 Å². The lowest BCUT2D eigenvalue weighted by Crippen LogP contribution is -2.70. The number of phenolic OH excluding ortho intramolecular Hbond substituents is 4. The second kappa shape index (κ2) is 26.2. The minimum atomic E-state index is -2.51. The molecule has 6 aliphatic carbocycles. The molecule has 28 nitrogen and oxygen atoms in total. The first-order valence-corrected chi connectivity index (χ1v) is 32.8. The van der Waals surface area contributed by atoms with Gasteiger partial charge in [-0.05, 0) is 105 Å². The van der Waals surface area contributed by atoms with Gasteiger partial charge in [-0.2, -0.15) is 0 Å². The molecule has 97 heavy (non-hydrogen) atoms. The van der Waals surface area contributed by atoms with Crippen LogP contribution in [0.15, 0.2) is 46.3 Å². The standard InChI is InChI=1S/C69H85N4O24/c1-14-68(96-42-24-38(88-12)65(89-13)28(6)93-42)53(63(85)44-30(66(68)94-39-21-35(78)56(72(7)8)25(3)90-39)20-29-43(44)60(82)46-32(75)17-16-31(74)45(46)59(29)81)54-64(86)50-49-51(62(84)48-34(77)19-18-33(76)47(48)61(49)83)55(71-70)52(50)67(95-40-22-36(79)57(73(9)10)26(4)91-40)69(54,15-2)97-41-23-37(87-11)58(80)27(5)92-41/h16-20,25-28,35-42,53-58,65-67,78-85H,14-15,21-24H2,1-13H3/q-1. The molecule has 12 rings (SSSR count). The van der Waals surface area contributed by atoms with Gasteiger partial charge < -0.3 is 113 Å². The number of ketones is 5. The molecule has 0 amide bonds. The van der Waals surface area contributed by atoms with Crippen LogP contribution in [0, 0.1) is 11.8 Å². The van der Waals surface area contributed by atoms with Crippen LogP contribution in [-0.2, 0) is 56.9 Å². The topological polar surface area (TPSA) is 390 Å². The fraction of sp³-hybridized carbons (Fsp3) is 0.609. The number of methoxy groups -OCH3 is 3. The maximum atomic E-state index is 17.9. The van der Waals surface area contributed by atoms with E-state index >= 15 is 4.79 Å². The summed E-state index contributed by atoms with van der Waals surface area (Å²) in [5.41, 5.74) is 0.980. The van der Waals surface area contributed by atoms with Crippen LogP contribution in [0.1, 0.15) is 150 Å². The van der Waals surface area contributed by atoms with Gasteiger partial charge in [-0.25, -0.2) is 0 Å². The third kappa shape index (κ3) is 10.8. The molecule has 23 unspecified atom stereocenters. The van der Waals surface area contributed by atoms with E-state index in [1.165, 1.54) is 27.4 Å². The van der Waals surface area contributed by atoms with E-state index in [0.717, 1.165) is 24.3 Å². The molecule has 4 saturated heterocycles. The monoisotopic (exact) mass is 1350 g/mol. The summed E-state index contributed by atoms with van der Waals surface area (Å²) in [6.45, 7) is 9.93. The van der Waals surface area contributed by atoms with Crippen molar-refractivity contribution in [1.29, 1.82) is 0 Å². The van der Waals surface area contributed by atoms with Gasteiger partial charge in [-0.15, -0.1) is 0 Å². The number of nitrogens with zero attached hydrogens (tertiary/aromatic N) is 4. The van der Waals surface area contributed by atoms with Crippen LogP contribution in [0.2, 0.25) is 0 Å². The highest BCUT2D eigenvalue weighted by Crippen LogP contribution is 2.67. The summed E-state index contributed by atoms with van der Waals surface area (Å²) >= 11 is 0. The van der Waals surface area contributed by atoms with Crippen molar-refractivity contribution in [2.45, 2.75) is 208 Å². The van der Waals surface area contributed by atoms with E-state index in [1.54, 1.807) is 79.5 Å². The molecule has 0 radical (unpaired) electrons. The minimum Gasteiger partial charge on any atom is -0.711 e. The SMILES string of the molecule is CCC1(OC2CC(OC)C(O)C(C)O2)C(OC2CC(O)C(N(C)C)C(C)O2)C2=C(C(=O)C1C1C(O)=C3C(=Cc4c(O)c5c(c(O)c43)C(=O)C=CC5=O)C(OC3CC(O)C(N(C)C)C(C)O3)C1(CC)OC1CC(OC)C(OC)C(C)O1)c1c(O)c3c(c(O)c1C2N=[N-])C(=O)C=CC3=O. The number of aliphatic hydroxyl groups is 4. The molecule has 0 bridgehead atoms. The van der Waals surface area contributed by atoms with Crippen molar-refractivity contribution < 1.29 is 117 Å². The maximum Gasteiger partial charge on any atom is 0.190 e. The molecule has 4 heterocycles. The van der Waals surface area contributed by atoms with Crippen LogP contribution < -0.4 is 0 Å². The van der Waals surface area contributed by atoms with E-state index < -0.39 is 248 Å². The van der Waals surface area contributed by atoms with Crippen molar-refractivity contribution in [2.24, 2.45) is 17.0 Å². The van der Waals surface area contributed by atoms with Crippen LogP contribution in [0.3, 0.4) is 0 Å². The van der Waals surface area contributed by atoms with Gasteiger partial charge in [0.2, 0.25) is 0 Å². The van der Waals surface area contributed by atoms with Gasteiger partial charge in [0.05, 0.1) is 101 Å². The summed E-state index contributed by atoms with van der Waals surface area (Å²) in [5, 5.41) is 105. The Morgan fingerprint density at radius 2 is 1.00 bits per heavy atom. The zero-order valence-corrected chi connectivity index (χ0v) is 56.2. The Hall–Kier alpha value is -6.55. The summed E-state index contributed by atoms with van der Waals surface area (Å²) in [6, 6.07) is -3.21. The van der Waals surface area contributed by atoms with E-state index in [0.29, 0.717) is 0 Å². The highest BCUT2D eigenvalue weighted by molar-refractivity contribution is 6.31. The Bertz CT molecular complexity index is 3740. The molecule has 10 aliphatic rings. The van der Waals surface area contributed by atoms with Crippen molar-refractivity contribution >= 4 is 46.1 Å². The summed E-state index contributed by atoms with van der Waals surface area (Å²) in [7, 11) is 11.3. The van der Waals surface area contributed by atoms with Crippen molar-refractivity contribution in [3.8, 4) is 23.0 Å². The average molecular weight is 1350 g/mol. The first kappa shape index (κ1) is 70.3. The van der Waals surface area contributed by atoms with Gasteiger partial charge in [-0.1, -0.05) is 13.8 Å². The summed E-state index contributed by atoms with van der Waals surface area (Å²) in [6.07, 6.45) is -16.0. The van der Waals surface area contributed by atoms with Crippen molar-refractivity contribution in [3.05, 3.63) is 91.2 Å². The number of phenols is 4. The molecule has 28 heteroatoms. The van der Waals surface area contributed by atoms with E-state index in [2.05, 4.69) is 5.11 Å². The van der Waals surface area contributed by atoms with Gasteiger partial charge in [0.25, 0.3) is 0 Å². The zero-order chi connectivity index (χ0) is 70.2. The van der Waals surface area contributed by atoms with Crippen molar-refractivity contribution in [2.75, 3.05) is 49.5 Å². The number of ether oxygens (including phenoxy) is 11. The molecule has 526 valence electrons. The Labute approximate surface area is 559 Å². The van der Waals surface area contributed by atoms with E-state index in [-0.39, 0.29) is 54.4 Å². The van der Waals surface area contributed by atoms with Crippen molar-refractivity contribution in [1.82, 2.24) is 9.80 Å². The van der Waals surface area contributed by atoms with E-state index in [9.17, 15) is 65.6 Å². The molecular weight excluding hydrogens is 1270 g/mol. The molecule has 0 saturated carbocycles. The van der Waals surface area contributed by atoms with Gasteiger partial charge in [0.15, 0.2) is 54.1 Å². The first-order valence-electron chi connectivity index (χ1n) is 32.8. The molecule has 8 N–H and O–H groups in total. The normalized spacial score (nSPS) is 38.6. The first-order chi connectivity index (χ1) is 46.0. The van der Waals surface area contributed by atoms with Crippen LogP contribution in [0.25, 0.3) is 22.8 Å². The van der Waals surface area contributed by atoms with Crippen molar-refractivity contribution in [3.63, 3.8) is 0 Å². The lowest BCUT2D eigenvalue weighted by atomic mass is 9.55. The summed E-state index contributed by atoms with van der Waals surface area (Å²) < 4.78 is 74.6. The number of Topliss-reactive ketones (excluding diaryl/α,β-unsaturated/α-hetero) is 1. The number of hydrogen-bond acceptors (Lipinski definition) is 27. The largest absolute Gasteiger partial charge is 0.711 e. The molecule has 4 fully saturated rings. The second-order valence-electron chi connectivity index (χ2n) is 27.3. The number of benzene rings is 2. The fourth-order valence-electron chi connectivity index (χ4n) is 17.6. The van der Waals surface area contributed by atoms with Gasteiger partial charge >= 0.3 is 0 Å². The number of fused-ring (bicyclic) bond motifs is 7. The molecule has 2 aromatic rings. The number of aromatic hydroxyl groups is 4. The Morgan fingerprint density at radius 1 is 0.546 bits per heavy atom. The van der Waals surface area contributed by atoms with Gasteiger partial charge in [0.1, 0.15) is 64.4 Å². The summed E-state index contributed by atoms with van der Waals surface area (Å²) in [5.74, 6) is -13.5. The minimum absolute atomic E-state index is 0.0843. The van der Waals surface area contributed by atoms with Crippen LogP contribution in [-0.4, -0.2) is 251 Å². The quantitative estimate of drug-likeness (QED) is 0.0760. The third-order valence-electron chi connectivity index (χ3n) is 21.8. The zero-order valence-electron chi connectivity index (χ0n) is 56.2. The molecular formula is C69H85N4O24-. The molecule has 2 aromatic carbocycles. The Kier molecular flexibility index (Phi) is 19.0. The lowest BCUT2D eigenvalue weighted by Gasteiger charge is -2.59. The van der Waals surface area contributed by atoms with Crippen LogP contribution in [0.4, 0.5) is 0 Å². The number of allylic oxidation sites excluding steroid dienone is 5. The van der Waals surface area contributed by atoms with Crippen LogP contribution in [0.5, 0.6) is 23.0 Å². The number of rotatable bonds is 17. The highest BCUT2D eigenvalue weighted by Gasteiger charge is 2.71. The molecule has 4 aliphatic heterocycles. The molecule has 0 spiro atoms. The molecule has 0 aromatic heterocycles. The van der Waals surface area contributed by atoms with Gasteiger partial charge in [-0.3, -0.25) is 24.0 Å². The maximum absolute atomic E-state index is 17.9.